The van der Waals surface area contributed by atoms with Gasteiger partial charge >= 0.3 is 0 Å². The Kier molecular flexibility index (Phi) is 4.04. The number of rotatable bonds is 3. The molecular weight excluding hydrogens is 277 g/mol. The minimum absolute atomic E-state index is 0.0323. The monoisotopic (exact) mass is 293 g/mol. The first-order valence-electron chi connectivity index (χ1n) is 6.18. The number of nitrogens with zero attached hydrogens (tertiary/aromatic N) is 1. The van der Waals surface area contributed by atoms with Crippen molar-refractivity contribution in [3.05, 3.63) is 45.2 Å². The number of hydrogen-bond donors (Lipinski definition) is 2. The number of aromatic nitrogens is 1. The van der Waals surface area contributed by atoms with Crippen molar-refractivity contribution in [3.63, 3.8) is 0 Å². The summed E-state index contributed by atoms with van der Waals surface area (Å²) in [5.74, 6) is -0.807. The number of nitrogens with one attached hydrogen (secondary N) is 1. The quantitative estimate of drug-likeness (QED) is 0.855. The van der Waals surface area contributed by atoms with Gasteiger partial charge in [0.15, 0.2) is 0 Å². The lowest BCUT2D eigenvalue weighted by atomic mass is 10.1. The molecule has 20 heavy (non-hydrogen) atoms. The Hall–Kier alpha value is -1.95. The van der Waals surface area contributed by atoms with Crippen LogP contribution in [-0.4, -0.2) is 10.9 Å². The van der Waals surface area contributed by atoms with E-state index in [4.69, 9.17) is 5.73 Å². The summed E-state index contributed by atoms with van der Waals surface area (Å²) in [5.41, 5.74) is 6.69. The van der Waals surface area contributed by atoms with Crippen LogP contribution in [0.4, 0.5) is 10.1 Å². The number of thiazole rings is 1. The maximum Gasteiger partial charge on any atom is 0.251 e. The number of aryl methyl sites for hydroxylation is 2. The Bertz CT molecular complexity index is 654. The van der Waals surface area contributed by atoms with Crippen LogP contribution in [0.5, 0.6) is 0 Å². The molecule has 2 aromatic rings. The van der Waals surface area contributed by atoms with E-state index in [0.29, 0.717) is 5.56 Å². The second-order valence-electron chi connectivity index (χ2n) is 4.61. The van der Waals surface area contributed by atoms with Crippen molar-refractivity contribution in [2.45, 2.75) is 26.8 Å². The summed E-state index contributed by atoms with van der Waals surface area (Å²) in [4.78, 5) is 17.5. The zero-order valence-corrected chi connectivity index (χ0v) is 12.3. The van der Waals surface area contributed by atoms with Crippen LogP contribution in [-0.2, 0) is 0 Å². The summed E-state index contributed by atoms with van der Waals surface area (Å²) < 4.78 is 13.1. The predicted molar refractivity (Wildman–Crippen MR) is 78.3 cm³/mol. The van der Waals surface area contributed by atoms with E-state index in [0.717, 1.165) is 15.6 Å². The SMILES string of the molecule is Cc1nc(C)c(C(C)NC(=O)c2ccc(F)c(N)c2)s1. The molecule has 4 nitrogen and oxygen atoms in total. The molecule has 0 aliphatic heterocycles. The Morgan fingerprint density at radius 1 is 1.45 bits per heavy atom. The number of nitrogens with two attached hydrogens (primary N) is 1. The summed E-state index contributed by atoms with van der Waals surface area (Å²) in [6, 6.07) is 3.79. The van der Waals surface area contributed by atoms with E-state index in [9.17, 15) is 9.18 Å². The number of halogens is 1. The minimum atomic E-state index is -0.525. The highest BCUT2D eigenvalue weighted by Crippen LogP contribution is 2.24. The van der Waals surface area contributed by atoms with Gasteiger partial charge in [-0.2, -0.15) is 0 Å². The zero-order chi connectivity index (χ0) is 14.9. The first-order chi connectivity index (χ1) is 9.38. The van der Waals surface area contributed by atoms with Gasteiger partial charge < -0.3 is 11.1 Å². The van der Waals surface area contributed by atoms with Crippen molar-refractivity contribution in [2.24, 2.45) is 0 Å². The van der Waals surface area contributed by atoms with E-state index in [1.807, 2.05) is 20.8 Å². The second kappa shape index (κ2) is 5.58. The number of benzene rings is 1. The largest absolute Gasteiger partial charge is 0.396 e. The highest BCUT2D eigenvalue weighted by atomic mass is 32.1. The average molecular weight is 293 g/mol. The van der Waals surface area contributed by atoms with Crippen LogP contribution in [0.2, 0.25) is 0 Å². The molecular formula is C14H16FN3OS. The smallest absolute Gasteiger partial charge is 0.251 e. The van der Waals surface area contributed by atoms with Crippen molar-refractivity contribution in [2.75, 3.05) is 5.73 Å². The minimum Gasteiger partial charge on any atom is -0.396 e. The third-order valence-corrected chi connectivity index (χ3v) is 4.19. The first-order valence-corrected chi connectivity index (χ1v) is 7.00. The van der Waals surface area contributed by atoms with Crippen molar-refractivity contribution < 1.29 is 9.18 Å². The standard InChI is InChI=1S/C14H16FN3OS/c1-7-13(20-9(3)17-7)8(2)18-14(19)10-4-5-11(15)12(16)6-10/h4-6,8H,16H2,1-3H3,(H,18,19). The van der Waals surface area contributed by atoms with E-state index < -0.39 is 5.82 Å². The van der Waals surface area contributed by atoms with Gasteiger partial charge in [-0.05, 0) is 39.0 Å². The molecule has 1 amide bonds. The normalized spacial score (nSPS) is 12.2. The number of carbonyl (C=O) groups excluding carboxylic acids is 1. The number of carbonyl (C=O) groups is 1. The topological polar surface area (TPSA) is 68.0 Å². The van der Waals surface area contributed by atoms with Gasteiger partial charge in [-0.1, -0.05) is 0 Å². The summed E-state index contributed by atoms with van der Waals surface area (Å²) in [7, 11) is 0. The number of hydrogen-bond acceptors (Lipinski definition) is 4. The number of nitrogen functional groups attached to an aromatic ring is 1. The van der Waals surface area contributed by atoms with Crippen molar-refractivity contribution in [3.8, 4) is 0 Å². The highest BCUT2D eigenvalue weighted by Gasteiger charge is 2.16. The van der Waals surface area contributed by atoms with E-state index in [1.165, 1.54) is 18.2 Å². The van der Waals surface area contributed by atoms with Crippen LogP contribution in [0.1, 0.15) is 38.9 Å². The van der Waals surface area contributed by atoms with Crippen molar-refractivity contribution in [1.82, 2.24) is 10.3 Å². The fraction of sp³-hybridized carbons (Fsp3) is 0.286. The summed E-state index contributed by atoms with van der Waals surface area (Å²) >= 11 is 1.55. The van der Waals surface area contributed by atoms with E-state index >= 15 is 0 Å². The fourth-order valence-corrected chi connectivity index (χ4v) is 2.91. The predicted octanol–water partition coefficient (Wildman–Crippen LogP) is 2.97. The highest BCUT2D eigenvalue weighted by molar-refractivity contribution is 7.11. The molecule has 1 aromatic heterocycles. The van der Waals surface area contributed by atoms with Gasteiger partial charge in [-0.3, -0.25) is 4.79 Å². The molecule has 0 radical (unpaired) electrons. The van der Waals surface area contributed by atoms with Crippen molar-refractivity contribution in [1.29, 1.82) is 0 Å². The molecule has 1 aromatic carbocycles. The molecule has 1 heterocycles. The Morgan fingerprint density at radius 2 is 2.15 bits per heavy atom. The van der Waals surface area contributed by atoms with Crippen molar-refractivity contribution >= 4 is 22.9 Å². The molecule has 0 fully saturated rings. The lowest BCUT2D eigenvalue weighted by Gasteiger charge is -2.13. The maximum atomic E-state index is 13.1. The molecule has 1 atom stereocenters. The first kappa shape index (κ1) is 14.5. The van der Waals surface area contributed by atoms with Gasteiger partial charge in [0.05, 0.1) is 22.4 Å². The molecule has 3 N–H and O–H groups in total. The summed E-state index contributed by atoms with van der Waals surface area (Å²) in [5, 5.41) is 3.83. The van der Waals surface area contributed by atoms with Crippen LogP contribution in [0.3, 0.4) is 0 Å². The van der Waals surface area contributed by atoms with Gasteiger partial charge in [-0.15, -0.1) is 11.3 Å². The molecule has 0 spiro atoms. The lowest BCUT2D eigenvalue weighted by molar-refractivity contribution is 0.0940. The van der Waals surface area contributed by atoms with Gasteiger partial charge in [0.25, 0.3) is 5.91 Å². The summed E-state index contributed by atoms with van der Waals surface area (Å²) in [6.45, 7) is 5.73. The van der Waals surface area contributed by atoms with Gasteiger partial charge in [-0.25, -0.2) is 9.37 Å². The van der Waals surface area contributed by atoms with Crippen LogP contribution in [0, 0.1) is 19.7 Å². The van der Waals surface area contributed by atoms with Crippen LogP contribution >= 0.6 is 11.3 Å². The molecule has 0 aliphatic rings. The number of anilines is 1. The molecule has 0 aliphatic carbocycles. The Balaban J connectivity index is 2.15. The maximum absolute atomic E-state index is 13.1. The fourth-order valence-electron chi connectivity index (χ4n) is 1.98. The molecule has 106 valence electrons. The third-order valence-electron chi connectivity index (χ3n) is 2.94. The van der Waals surface area contributed by atoms with E-state index in [2.05, 4.69) is 10.3 Å². The molecule has 1 unspecified atom stereocenters. The molecule has 0 saturated heterocycles. The van der Waals surface area contributed by atoms with E-state index in [-0.39, 0.29) is 17.6 Å². The molecule has 0 saturated carbocycles. The van der Waals surface area contributed by atoms with Gasteiger partial charge in [0.1, 0.15) is 5.82 Å². The lowest BCUT2D eigenvalue weighted by Crippen LogP contribution is -2.26. The van der Waals surface area contributed by atoms with Crippen LogP contribution in [0.25, 0.3) is 0 Å². The number of amides is 1. The molecule has 6 heteroatoms. The van der Waals surface area contributed by atoms with E-state index in [1.54, 1.807) is 11.3 Å². The zero-order valence-electron chi connectivity index (χ0n) is 11.5. The van der Waals surface area contributed by atoms with Gasteiger partial charge in [0.2, 0.25) is 0 Å². The second-order valence-corrected chi connectivity index (χ2v) is 5.85. The molecule has 2 rings (SSSR count). The summed E-state index contributed by atoms with van der Waals surface area (Å²) in [6.07, 6.45) is 0. The average Bonchev–Trinajstić information content (AvgIpc) is 2.71. The van der Waals surface area contributed by atoms with Crippen LogP contribution in [0.15, 0.2) is 18.2 Å². The third kappa shape index (κ3) is 2.96. The Morgan fingerprint density at radius 3 is 2.70 bits per heavy atom. The van der Waals surface area contributed by atoms with Crippen LogP contribution < -0.4 is 11.1 Å². The Labute approximate surface area is 120 Å². The van der Waals surface area contributed by atoms with Gasteiger partial charge in [0, 0.05) is 10.4 Å². The molecule has 0 bridgehead atoms.